The maximum absolute atomic E-state index is 8.33. The second kappa shape index (κ2) is 77.1. The quantitative estimate of drug-likeness (QED) is 0.382. The van der Waals surface area contributed by atoms with Crippen LogP contribution >= 0.6 is 0 Å². The van der Waals surface area contributed by atoms with Gasteiger partial charge in [-0.05, 0) is 6.16 Å². The third-order valence-corrected chi connectivity index (χ3v) is 0. The fraction of sp³-hybridized carbons (Fsp3) is 0. The standard InChI is InChI=1S/CH2O3.6H2O.Sr/c2-1(3)4;;;;;;;/h(H2,2,3,4);6*1H2;/q;;;;;;;+2/p-2. The predicted octanol–water partition coefficient (Wildman–Crippen LogP) is -7.78. The van der Waals surface area contributed by atoms with E-state index in [9.17, 15) is 0 Å². The van der Waals surface area contributed by atoms with E-state index in [0.29, 0.717) is 0 Å². The molecule has 0 aliphatic rings. The van der Waals surface area contributed by atoms with Crippen molar-refractivity contribution in [2.24, 2.45) is 0 Å². The van der Waals surface area contributed by atoms with Crippen molar-refractivity contribution in [3.05, 3.63) is 0 Å². The Labute approximate surface area is 98.8 Å². The topological polar surface area (TPSA) is 252 Å². The molecule has 0 aromatic heterocycles. The van der Waals surface area contributed by atoms with Crippen molar-refractivity contribution in [1.29, 1.82) is 0 Å². The third-order valence-electron chi connectivity index (χ3n) is 0. The molecule has 11 heavy (non-hydrogen) atoms. The van der Waals surface area contributed by atoms with Crippen molar-refractivity contribution in [1.82, 2.24) is 0 Å². The van der Waals surface area contributed by atoms with Crippen LogP contribution in [0, 0.1) is 0 Å². The van der Waals surface area contributed by atoms with Crippen molar-refractivity contribution >= 4 is 51.6 Å². The maximum atomic E-state index is 8.33. The molecule has 0 saturated carbocycles. The van der Waals surface area contributed by atoms with Crippen molar-refractivity contribution in [3.63, 3.8) is 0 Å². The van der Waals surface area contributed by atoms with Crippen LogP contribution in [-0.4, -0.2) is 84.5 Å². The Hall–Kier alpha value is 0.511. The summed E-state index contributed by atoms with van der Waals surface area (Å²) in [6, 6.07) is 0. The summed E-state index contributed by atoms with van der Waals surface area (Å²) in [5.74, 6) is 0. The zero-order valence-corrected chi connectivity index (χ0v) is 8.91. The average Bonchev–Trinajstić information content (AvgIpc) is 0.811. The monoisotopic (exact) mass is 256 g/mol. The maximum Gasteiger partial charge on any atom is 2.00 e. The van der Waals surface area contributed by atoms with Gasteiger partial charge in [0, 0.05) is 0 Å². The molecule has 0 radical (unpaired) electrons. The van der Waals surface area contributed by atoms with Crippen LogP contribution in [0.5, 0.6) is 0 Å². The molecule has 0 heterocycles. The summed E-state index contributed by atoms with van der Waals surface area (Å²) in [4.78, 5) is 8.33. The van der Waals surface area contributed by atoms with Crippen LogP contribution in [0.2, 0.25) is 0 Å². The largest absolute Gasteiger partial charge is 2.00 e. The van der Waals surface area contributed by atoms with Crippen LogP contribution in [0.25, 0.3) is 0 Å². The van der Waals surface area contributed by atoms with Gasteiger partial charge in [-0.2, -0.15) is 0 Å². The fourth-order valence-corrected chi connectivity index (χ4v) is 0. The summed E-state index contributed by atoms with van der Waals surface area (Å²) in [5.41, 5.74) is 0. The van der Waals surface area contributed by atoms with Gasteiger partial charge in [0.15, 0.2) is 0 Å². The van der Waals surface area contributed by atoms with Gasteiger partial charge in [0.05, 0.1) is 0 Å². The van der Waals surface area contributed by atoms with Crippen molar-refractivity contribution in [2.75, 3.05) is 0 Å². The number of carbonyl (C=O) groups is 1. The molecule has 72 valence electrons. The zero-order chi connectivity index (χ0) is 3.58. The molecular formula is CH12O9Sr. The normalized spacial score (nSPS) is 2.18. The minimum atomic E-state index is -2.33. The second-order valence-electron chi connectivity index (χ2n) is 0.250. The fourth-order valence-electron chi connectivity index (χ4n) is 0. The molecule has 0 rings (SSSR count). The van der Waals surface area contributed by atoms with Crippen molar-refractivity contribution < 1.29 is 47.9 Å². The summed E-state index contributed by atoms with van der Waals surface area (Å²) < 4.78 is 0. The number of hydrogen-bond donors (Lipinski definition) is 0. The van der Waals surface area contributed by atoms with E-state index in [-0.39, 0.29) is 78.3 Å². The number of rotatable bonds is 0. The molecule has 0 amide bonds. The van der Waals surface area contributed by atoms with Gasteiger partial charge in [-0.1, -0.05) is 0 Å². The van der Waals surface area contributed by atoms with E-state index >= 15 is 0 Å². The van der Waals surface area contributed by atoms with Gasteiger partial charge in [0.1, 0.15) is 0 Å². The van der Waals surface area contributed by atoms with E-state index in [1.807, 2.05) is 0 Å². The summed E-state index contributed by atoms with van der Waals surface area (Å²) >= 11 is 0. The molecule has 0 fully saturated rings. The molecule has 0 unspecified atom stereocenters. The molecule has 0 aromatic carbocycles. The van der Waals surface area contributed by atoms with Gasteiger partial charge in [0.25, 0.3) is 0 Å². The van der Waals surface area contributed by atoms with E-state index in [1.165, 1.54) is 0 Å². The molecule has 0 saturated heterocycles. The summed E-state index contributed by atoms with van der Waals surface area (Å²) in [5, 5.41) is 16.7. The van der Waals surface area contributed by atoms with E-state index < -0.39 is 6.16 Å². The van der Waals surface area contributed by atoms with Crippen LogP contribution in [0.3, 0.4) is 0 Å². The van der Waals surface area contributed by atoms with Gasteiger partial charge >= 0.3 is 45.5 Å². The summed E-state index contributed by atoms with van der Waals surface area (Å²) in [6.07, 6.45) is -2.33. The van der Waals surface area contributed by atoms with E-state index in [2.05, 4.69) is 0 Å². The second-order valence-corrected chi connectivity index (χ2v) is 0.250. The van der Waals surface area contributed by atoms with Gasteiger partial charge in [-0.15, -0.1) is 0 Å². The predicted molar refractivity (Wildman–Crippen MR) is 32.8 cm³/mol. The Balaban J connectivity index is -0.00000000214. The first-order chi connectivity index (χ1) is 1.73. The molecule has 0 spiro atoms. The Morgan fingerprint density at radius 1 is 0.727 bits per heavy atom. The minimum absolute atomic E-state index is 0. The van der Waals surface area contributed by atoms with E-state index in [4.69, 9.17) is 15.0 Å². The Bertz CT molecular complexity index is 32.5. The molecular weight excluding hydrogens is 244 g/mol. The molecule has 0 aromatic rings. The molecule has 9 nitrogen and oxygen atoms in total. The molecule has 12 N–H and O–H groups in total. The van der Waals surface area contributed by atoms with Gasteiger partial charge < -0.3 is 47.9 Å². The Morgan fingerprint density at radius 2 is 0.727 bits per heavy atom. The van der Waals surface area contributed by atoms with Gasteiger partial charge in [-0.25, -0.2) is 0 Å². The van der Waals surface area contributed by atoms with Crippen LogP contribution in [0.1, 0.15) is 0 Å². The molecule has 0 aliphatic carbocycles. The van der Waals surface area contributed by atoms with Crippen molar-refractivity contribution in [3.8, 4) is 0 Å². The average molecular weight is 256 g/mol. The Kier molecular flexibility index (Phi) is 724. The van der Waals surface area contributed by atoms with E-state index in [1.54, 1.807) is 0 Å². The zero-order valence-electron chi connectivity index (χ0n) is 5.43. The Morgan fingerprint density at radius 3 is 0.727 bits per heavy atom. The first-order valence-electron chi connectivity index (χ1n) is 0.612. The summed E-state index contributed by atoms with van der Waals surface area (Å²) in [6.45, 7) is 0. The van der Waals surface area contributed by atoms with Crippen LogP contribution < -0.4 is 10.2 Å². The molecule has 0 atom stereocenters. The number of carbonyl (C=O) groups excluding carboxylic acids is 1. The third kappa shape index (κ3) is 2920. The smallest absolute Gasteiger partial charge is 0.652 e. The van der Waals surface area contributed by atoms with Crippen LogP contribution in [0.15, 0.2) is 0 Å². The summed E-state index contributed by atoms with van der Waals surface area (Å²) in [7, 11) is 0. The molecule has 10 heteroatoms. The first kappa shape index (κ1) is 103. The minimum Gasteiger partial charge on any atom is -0.652 e. The number of hydrogen-bond acceptors (Lipinski definition) is 3. The SMILES string of the molecule is O.O.O.O.O.O.O=C([O-])[O-].[Sr+2]. The molecule has 0 aliphatic heterocycles. The van der Waals surface area contributed by atoms with Crippen LogP contribution in [-0.2, 0) is 0 Å². The van der Waals surface area contributed by atoms with Crippen molar-refractivity contribution in [2.45, 2.75) is 0 Å². The van der Waals surface area contributed by atoms with E-state index in [0.717, 1.165) is 0 Å². The molecule has 0 bridgehead atoms. The van der Waals surface area contributed by atoms with Gasteiger partial charge in [0.2, 0.25) is 0 Å². The van der Waals surface area contributed by atoms with Crippen LogP contribution in [0.4, 0.5) is 4.79 Å². The first-order valence-corrected chi connectivity index (χ1v) is 0.612. The van der Waals surface area contributed by atoms with Gasteiger partial charge in [-0.3, -0.25) is 0 Å². The number of carboxylic acid groups (broad SMARTS) is 2.